The molecule has 2 atom stereocenters. The number of benzene rings is 1. The van der Waals surface area contributed by atoms with Crippen LogP contribution in [0.4, 0.5) is 5.69 Å². The van der Waals surface area contributed by atoms with Gasteiger partial charge in [0.05, 0.1) is 24.5 Å². The molecule has 1 amide bonds. The number of amides is 1. The number of carbonyl (C=O) groups is 1. The van der Waals surface area contributed by atoms with Gasteiger partial charge in [0.1, 0.15) is 11.8 Å². The predicted molar refractivity (Wildman–Crippen MR) is 106 cm³/mol. The van der Waals surface area contributed by atoms with Gasteiger partial charge in [-0.2, -0.15) is 22.5 Å². The molecule has 1 fully saturated rings. The van der Waals surface area contributed by atoms with Crippen LogP contribution in [0.3, 0.4) is 0 Å². The number of nitrogens with one attached hydrogen (secondary N) is 2. The summed E-state index contributed by atoms with van der Waals surface area (Å²) in [6.45, 7) is 1.80. The number of hydrogen-bond donors (Lipinski definition) is 2. The first-order valence-electron chi connectivity index (χ1n) is 8.52. The average molecular weight is 428 g/mol. The van der Waals surface area contributed by atoms with Gasteiger partial charge < -0.3 is 10.1 Å². The summed E-state index contributed by atoms with van der Waals surface area (Å²) in [5, 5.41) is 7.41. The van der Waals surface area contributed by atoms with Crippen molar-refractivity contribution < 1.29 is 17.9 Å². The number of carbonyl (C=O) groups excluding carboxylic acids is 1. The zero-order valence-electron chi connectivity index (χ0n) is 15.9. The molecule has 11 heteroatoms. The summed E-state index contributed by atoms with van der Waals surface area (Å²) in [5.74, 6) is -0.0449. The highest BCUT2D eigenvalue weighted by Crippen LogP contribution is 2.32. The third-order valence-corrected chi connectivity index (χ3v) is 6.55. The monoisotopic (exact) mass is 427 g/mol. The summed E-state index contributed by atoms with van der Waals surface area (Å²) in [6, 6.07) is 3.34. The van der Waals surface area contributed by atoms with E-state index in [1.807, 2.05) is 0 Å². The molecule has 0 radical (unpaired) electrons. The van der Waals surface area contributed by atoms with Gasteiger partial charge >= 0.3 is 0 Å². The van der Waals surface area contributed by atoms with E-state index in [1.54, 1.807) is 43.0 Å². The first-order chi connectivity index (χ1) is 13.1. The van der Waals surface area contributed by atoms with Crippen molar-refractivity contribution in [2.24, 2.45) is 7.05 Å². The largest absolute Gasteiger partial charge is 0.495 e. The zero-order valence-corrected chi connectivity index (χ0v) is 17.5. The van der Waals surface area contributed by atoms with E-state index in [0.29, 0.717) is 22.2 Å². The number of nitrogens with zero attached hydrogens (tertiary/aromatic N) is 3. The Morgan fingerprint density at radius 1 is 1.39 bits per heavy atom. The van der Waals surface area contributed by atoms with Crippen molar-refractivity contribution in [1.29, 1.82) is 0 Å². The van der Waals surface area contributed by atoms with Crippen LogP contribution in [0.15, 0.2) is 24.4 Å². The summed E-state index contributed by atoms with van der Waals surface area (Å²) in [5.41, 5.74) is 1.81. The molecule has 0 aliphatic carbocycles. The molecule has 28 heavy (non-hydrogen) atoms. The molecular weight excluding hydrogens is 406 g/mol. The number of aryl methyl sites for hydroxylation is 2. The second-order valence-corrected chi connectivity index (χ2v) is 8.82. The molecular formula is C17H22ClN5O4S. The van der Waals surface area contributed by atoms with Crippen LogP contribution in [0, 0.1) is 6.92 Å². The van der Waals surface area contributed by atoms with E-state index in [1.165, 1.54) is 14.2 Å². The Morgan fingerprint density at radius 2 is 2.11 bits per heavy atom. The first-order valence-corrected chi connectivity index (χ1v) is 10.3. The topological polar surface area (TPSA) is 106 Å². The number of rotatable bonds is 4. The van der Waals surface area contributed by atoms with E-state index in [9.17, 15) is 13.2 Å². The van der Waals surface area contributed by atoms with Crippen molar-refractivity contribution in [3.63, 3.8) is 0 Å². The summed E-state index contributed by atoms with van der Waals surface area (Å²) in [4.78, 5) is 12.9. The minimum atomic E-state index is -3.85. The Kier molecular flexibility index (Phi) is 5.67. The van der Waals surface area contributed by atoms with Crippen LogP contribution < -0.4 is 14.8 Å². The first kappa shape index (κ1) is 20.6. The van der Waals surface area contributed by atoms with Crippen LogP contribution in [0.25, 0.3) is 0 Å². The lowest BCUT2D eigenvalue weighted by atomic mass is 10.00. The lowest BCUT2D eigenvalue weighted by Crippen LogP contribution is -2.56. The van der Waals surface area contributed by atoms with Crippen molar-refractivity contribution in [3.8, 4) is 5.75 Å². The van der Waals surface area contributed by atoms with Gasteiger partial charge in [0.25, 0.3) is 10.2 Å². The van der Waals surface area contributed by atoms with Crippen LogP contribution in [0.1, 0.15) is 23.7 Å². The Balaban J connectivity index is 1.90. The lowest BCUT2D eigenvalue weighted by molar-refractivity contribution is -0.120. The highest BCUT2D eigenvalue weighted by Gasteiger charge is 2.41. The molecule has 0 unspecified atom stereocenters. The normalized spacial score (nSPS) is 22.0. The van der Waals surface area contributed by atoms with Gasteiger partial charge in [0, 0.05) is 30.9 Å². The Hall–Kier alpha value is -2.14. The van der Waals surface area contributed by atoms with Crippen molar-refractivity contribution in [2.45, 2.75) is 25.4 Å². The molecule has 152 valence electrons. The van der Waals surface area contributed by atoms with Gasteiger partial charge in [-0.15, -0.1) is 0 Å². The fourth-order valence-corrected chi connectivity index (χ4v) is 4.70. The summed E-state index contributed by atoms with van der Waals surface area (Å²) >= 11 is 6.01. The van der Waals surface area contributed by atoms with Crippen LogP contribution in [-0.2, 0) is 22.1 Å². The van der Waals surface area contributed by atoms with Crippen LogP contribution in [0.5, 0.6) is 5.75 Å². The van der Waals surface area contributed by atoms with Gasteiger partial charge in [0.2, 0.25) is 5.91 Å². The third-order valence-electron chi connectivity index (χ3n) is 4.72. The van der Waals surface area contributed by atoms with Gasteiger partial charge in [-0.1, -0.05) is 11.6 Å². The lowest BCUT2D eigenvalue weighted by Gasteiger charge is -2.36. The molecule has 3 rings (SSSR count). The second-order valence-electron chi connectivity index (χ2n) is 6.62. The van der Waals surface area contributed by atoms with E-state index in [0.717, 1.165) is 9.87 Å². The van der Waals surface area contributed by atoms with Crippen molar-refractivity contribution in [1.82, 2.24) is 18.8 Å². The number of ether oxygens (including phenoxy) is 1. The highest BCUT2D eigenvalue weighted by molar-refractivity contribution is 7.87. The molecule has 2 heterocycles. The molecule has 1 aliphatic heterocycles. The predicted octanol–water partition coefficient (Wildman–Crippen LogP) is 1.61. The number of hydrogen-bond acceptors (Lipinski definition) is 5. The third kappa shape index (κ3) is 4.00. The quantitative estimate of drug-likeness (QED) is 0.771. The highest BCUT2D eigenvalue weighted by atomic mass is 35.5. The fraction of sp³-hybridized carbons (Fsp3) is 0.412. The number of likely N-dealkylation sites (N-methyl/N-ethyl adjacent to an activating group) is 1. The summed E-state index contributed by atoms with van der Waals surface area (Å²) in [7, 11) is 0.754. The van der Waals surface area contributed by atoms with Gasteiger partial charge in [-0.05, 0) is 31.5 Å². The van der Waals surface area contributed by atoms with E-state index >= 15 is 0 Å². The molecule has 1 aromatic carbocycles. The molecule has 9 nitrogen and oxygen atoms in total. The summed E-state index contributed by atoms with van der Waals surface area (Å²) in [6.07, 6.45) is 2.00. The van der Waals surface area contributed by atoms with E-state index < -0.39 is 28.2 Å². The number of anilines is 1. The SMILES string of the molecule is COc1ccc(Cl)cc1NC(=O)[C@@H]1C[C@H](c2cn(C)nc2C)NS(=O)(=O)N1C. The molecule has 1 aliphatic rings. The molecule has 0 spiro atoms. The van der Waals surface area contributed by atoms with Crippen LogP contribution >= 0.6 is 11.6 Å². The van der Waals surface area contributed by atoms with Crippen LogP contribution in [0.2, 0.25) is 5.02 Å². The number of aromatic nitrogens is 2. The maximum Gasteiger partial charge on any atom is 0.280 e. The minimum Gasteiger partial charge on any atom is -0.495 e. The fourth-order valence-electron chi connectivity index (χ4n) is 3.27. The van der Waals surface area contributed by atoms with Crippen LogP contribution in [-0.4, -0.2) is 48.6 Å². The Morgan fingerprint density at radius 3 is 2.71 bits per heavy atom. The molecule has 1 aromatic heterocycles. The molecule has 2 N–H and O–H groups in total. The zero-order chi connectivity index (χ0) is 20.6. The van der Waals surface area contributed by atoms with E-state index in [4.69, 9.17) is 16.3 Å². The number of halogens is 1. The van der Waals surface area contributed by atoms with Crippen molar-refractivity contribution in [3.05, 3.63) is 40.7 Å². The second kappa shape index (κ2) is 7.70. The maximum absolute atomic E-state index is 12.9. The summed E-state index contributed by atoms with van der Waals surface area (Å²) < 4.78 is 35.7. The smallest absolute Gasteiger partial charge is 0.280 e. The Bertz CT molecular complexity index is 1010. The Labute approximate surface area is 168 Å². The standard InChI is InChI=1S/C17H22ClN5O4S/c1-10-12(9-22(2)20-10)13-8-15(23(3)28(25,26)21-13)17(24)19-14-7-11(18)5-6-16(14)27-4/h5-7,9,13,15,21H,8H2,1-4H3,(H,19,24)/t13-,15+/m1/s1. The van der Waals surface area contributed by atoms with Gasteiger partial charge in [-0.25, -0.2) is 0 Å². The minimum absolute atomic E-state index is 0.247. The molecule has 0 bridgehead atoms. The van der Waals surface area contributed by atoms with E-state index in [2.05, 4.69) is 15.1 Å². The van der Waals surface area contributed by atoms with Crippen molar-refractivity contribution >= 4 is 33.4 Å². The van der Waals surface area contributed by atoms with Gasteiger partial charge in [-0.3, -0.25) is 9.48 Å². The molecule has 1 saturated heterocycles. The van der Waals surface area contributed by atoms with E-state index in [-0.39, 0.29) is 6.42 Å². The van der Waals surface area contributed by atoms with Crippen molar-refractivity contribution in [2.75, 3.05) is 19.5 Å². The number of methoxy groups -OCH3 is 1. The molecule has 0 saturated carbocycles. The van der Waals surface area contributed by atoms with Gasteiger partial charge in [0.15, 0.2) is 0 Å². The maximum atomic E-state index is 12.9. The average Bonchev–Trinajstić information content (AvgIpc) is 2.95. The molecule has 2 aromatic rings.